The monoisotopic (exact) mass is 341 g/mol. The van der Waals surface area contributed by atoms with Crippen LogP contribution in [0.5, 0.6) is 0 Å². The third-order valence-electron chi connectivity index (χ3n) is 3.44. The van der Waals surface area contributed by atoms with Gasteiger partial charge in [0.25, 0.3) is 5.91 Å². The summed E-state index contributed by atoms with van der Waals surface area (Å²) < 4.78 is 1.67. The predicted molar refractivity (Wildman–Crippen MR) is 95.3 cm³/mol. The summed E-state index contributed by atoms with van der Waals surface area (Å²) in [4.78, 5) is 22.2. The highest BCUT2D eigenvalue weighted by atomic mass is 32.1. The predicted octanol–water partition coefficient (Wildman–Crippen LogP) is 3.72. The van der Waals surface area contributed by atoms with Gasteiger partial charge in [-0.15, -0.1) is 16.4 Å². The number of pyridine rings is 1. The van der Waals surface area contributed by atoms with E-state index in [1.165, 1.54) is 4.88 Å². The van der Waals surface area contributed by atoms with Gasteiger partial charge in [-0.3, -0.25) is 9.78 Å². The number of thiophene rings is 1. The molecule has 124 valence electrons. The molecule has 6 nitrogen and oxygen atoms in total. The van der Waals surface area contributed by atoms with E-state index < -0.39 is 0 Å². The van der Waals surface area contributed by atoms with Gasteiger partial charge in [-0.05, 0) is 45.9 Å². The molecule has 0 fully saturated rings. The van der Waals surface area contributed by atoms with Crippen molar-refractivity contribution in [3.8, 4) is 11.3 Å². The quantitative estimate of drug-likeness (QED) is 0.788. The van der Waals surface area contributed by atoms with E-state index in [0.29, 0.717) is 5.69 Å². The molecule has 0 saturated heterocycles. The lowest BCUT2D eigenvalue weighted by atomic mass is 10.1. The highest BCUT2D eigenvalue weighted by Crippen LogP contribution is 2.29. The summed E-state index contributed by atoms with van der Waals surface area (Å²) in [6.07, 6.45) is 3.28. The molecule has 0 aliphatic carbocycles. The first-order chi connectivity index (χ1) is 11.3. The molecule has 0 aliphatic heterocycles. The fourth-order valence-corrected chi connectivity index (χ4v) is 2.86. The standard InChI is InChI=1S/C17H19N5OS/c1-11-8-12(9-24-11)14-13(6-5-7-18-14)20-16(23)15-19-10-22(21-15)17(2,3)4/h5-10H,1-4H3,(H,20,23). The number of aryl methyl sites for hydroxylation is 1. The molecule has 7 heteroatoms. The zero-order chi connectivity index (χ0) is 17.3. The molecule has 3 aromatic heterocycles. The Hall–Kier alpha value is -2.54. The Labute approximate surface area is 144 Å². The molecule has 0 saturated carbocycles. The summed E-state index contributed by atoms with van der Waals surface area (Å²) in [6.45, 7) is 8.04. The molecule has 0 radical (unpaired) electrons. The minimum absolute atomic E-state index is 0.140. The van der Waals surface area contributed by atoms with Crippen LogP contribution in [0.4, 0.5) is 5.69 Å². The van der Waals surface area contributed by atoms with Gasteiger partial charge in [-0.1, -0.05) is 0 Å². The van der Waals surface area contributed by atoms with E-state index in [2.05, 4.69) is 26.4 Å². The first kappa shape index (κ1) is 16.3. The van der Waals surface area contributed by atoms with Crippen LogP contribution in [0.2, 0.25) is 0 Å². The van der Waals surface area contributed by atoms with Gasteiger partial charge in [0, 0.05) is 22.0 Å². The summed E-state index contributed by atoms with van der Waals surface area (Å²) in [5, 5.41) is 9.15. The molecular weight excluding hydrogens is 322 g/mol. The fourth-order valence-electron chi connectivity index (χ4n) is 2.17. The highest BCUT2D eigenvalue weighted by Gasteiger charge is 2.19. The van der Waals surface area contributed by atoms with E-state index in [9.17, 15) is 4.79 Å². The van der Waals surface area contributed by atoms with Crippen molar-refractivity contribution in [3.63, 3.8) is 0 Å². The molecule has 0 aromatic carbocycles. The third kappa shape index (κ3) is 3.35. The zero-order valence-electron chi connectivity index (χ0n) is 14.1. The lowest BCUT2D eigenvalue weighted by molar-refractivity contribution is 0.101. The number of amides is 1. The number of hydrogen-bond acceptors (Lipinski definition) is 5. The number of anilines is 1. The first-order valence-electron chi connectivity index (χ1n) is 7.58. The van der Waals surface area contributed by atoms with Crippen LogP contribution in [-0.4, -0.2) is 25.7 Å². The number of nitrogens with one attached hydrogen (secondary N) is 1. The summed E-state index contributed by atoms with van der Waals surface area (Å²) in [5.41, 5.74) is 2.15. The van der Waals surface area contributed by atoms with Crippen molar-refractivity contribution in [1.29, 1.82) is 0 Å². The normalized spacial score (nSPS) is 11.5. The van der Waals surface area contributed by atoms with Crippen molar-refractivity contribution in [2.45, 2.75) is 33.2 Å². The van der Waals surface area contributed by atoms with Crippen LogP contribution in [0.3, 0.4) is 0 Å². The maximum Gasteiger partial charge on any atom is 0.295 e. The van der Waals surface area contributed by atoms with Crippen molar-refractivity contribution < 1.29 is 4.79 Å². The molecular formula is C17H19N5OS. The topological polar surface area (TPSA) is 72.7 Å². The Morgan fingerprint density at radius 2 is 2.08 bits per heavy atom. The Bertz CT molecular complexity index is 875. The maximum absolute atomic E-state index is 12.5. The Morgan fingerprint density at radius 3 is 2.71 bits per heavy atom. The molecule has 0 atom stereocenters. The minimum atomic E-state index is -0.348. The summed E-state index contributed by atoms with van der Waals surface area (Å²) in [7, 11) is 0. The second-order valence-corrected chi connectivity index (χ2v) is 7.60. The second-order valence-electron chi connectivity index (χ2n) is 6.48. The van der Waals surface area contributed by atoms with Crippen LogP contribution in [0.15, 0.2) is 36.1 Å². The molecule has 0 bridgehead atoms. The van der Waals surface area contributed by atoms with Gasteiger partial charge in [0.15, 0.2) is 0 Å². The lowest BCUT2D eigenvalue weighted by Crippen LogP contribution is -2.23. The van der Waals surface area contributed by atoms with Gasteiger partial charge >= 0.3 is 0 Å². The number of carbonyl (C=O) groups excluding carboxylic acids is 1. The summed E-state index contributed by atoms with van der Waals surface area (Å²) in [6, 6.07) is 5.67. The second kappa shape index (κ2) is 6.16. The molecule has 0 aliphatic rings. The van der Waals surface area contributed by atoms with E-state index >= 15 is 0 Å². The van der Waals surface area contributed by atoms with Gasteiger partial charge in [0.2, 0.25) is 5.82 Å². The number of rotatable bonds is 3. The molecule has 3 rings (SSSR count). The van der Waals surface area contributed by atoms with Crippen LogP contribution >= 0.6 is 11.3 Å². The van der Waals surface area contributed by atoms with E-state index in [-0.39, 0.29) is 17.3 Å². The number of hydrogen-bond donors (Lipinski definition) is 1. The van der Waals surface area contributed by atoms with Crippen molar-refractivity contribution in [2.75, 3.05) is 5.32 Å². The molecule has 3 aromatic rings. The van der Waals surface area contributed by atoms with Crippen LogP contribution < -0.4 is 5.32 Å². The van der Waals surface area contributed by atoms with Gasteiger partial charge in [-0.25, -0.2) is 9.67 Å². The van der Waals surface area contributed by atoms with Crippen LogP contribution in [0.1, 0.15) is 36.3 Å². The SMILES string of the molecule is Cc1cc(-c2ncccc2NC(=O)c2ncn(C(C)(C)C)n2)cs1. The van der Waals surface area contributed by atoms with Crippen molar-refractivity contribution >= 4 is 22.9 Å². The maximum atomic E-state index is 12.5. The molecule has 0 spiro atoms. The molecule has 1 amide bonds. The van der Waals surface area contributed by atoms with E-state index in [1.807, 2.05) is 39.1 Å². The Kier molecular flexibility index (Phi) is 4.19. The Morgan fingerprint density at radius 1 is 1.29 bits per heavy atom. The highest BCUT2D eigenvalue weighted by molar-refractivity contribution is 7.10. The Balaban J connectivity index is 1.86. The van der Waals surface area contributed by atoms with Crippen LogP contribution in [0, 0.1) is 6.92 Å². The summed E-state index contributed by atoms with van der Waals surface area (Å²) in [5.74, 6) is -0.208. The fraction of sp³-hybridized carbons (Fsp3) is 0.294. The van der Waals surface area contributed by atoms with Gasteiger partial charge in [-0.2, -0.15) is 0 Å². The van der Waals surface area contributed by atoms with E-state index in [0.717, 1.165) is 11.3 Å². The van der Waals surface area contributed by atoms with Crippen molar-refractivity contribution in [1.82, 2.24) is 19.7 Å². The lowest BCUT2D eigenvalue weighted by Gasteiger charge is -2.17. The van der Waals surface area contributed by atoms with Gasteiger partial charge in [0.05, 0.1) is 16.9 Å². The third-order valence-corrected chi connectivity index (χ3v) is 4.30. The average Bonchev–Trinajstić information content (AvgIpc) is 3.16. The smallest absolute Gasteiger partial charge is 0.295 e. The van der Waals surface area contributed by atoms with Crippen molar-refractivity contribution in [3.05, 3.63) is 46.8 Å². The van der Waals surface area contributed by atoms with Crippen molar-refractivity contribution in [2.24, 2.45) is 0 Å². The van der Waals surface area contributed by atoms with Gasteiger partial charge < -0.3 is 5.32 Å². The van der Waals surface area contributed by atoms with Crippen LogP contribution in [0.25, 0.3) is 11.3 Å². The number of aromatic nitrogens is 4. The average molecular weight is 341 g/mol. The molecule has 24 heavy (non-hydrogen) atoms. The minimum Gasteiger partial charge on any atom is -0.317 e. The van der Waals surface area contributed by atoms with Gasteiger partial charge in [0.1, 0.15) is 6.33 Å². The molecule has 0 unspecified atom stereocenters. The number of carbonyl (C=O) groups is 1. The summed E-state index contributed by atoms with van der Waals surface area (Å²) >= 11 is 1.65. The first-order valence-corrected chi connectivity index (χ1v) is 8.46. The zero-order valence-corrected chi connectivity index (χ0v) is 14.9. The van der Waals surface area contributed by atoms with E-state index in [4.69, 9.17) is 0 Å². The molecule has 3 heterocycles. The largest absolute Gasteiger partial charge is 0.317 e. The van der Waals surface area contributed by atoms with E-state index in [1.54, 1.807) is 34.6 Å². The van der Waals surface area contributed by atoms with Crippen LogP contribution in [-0.2, 0) is 5.54 Å². The molecule has 1 N–H and O–H groups in total. The number of nitrogens with zero attached hydrogens (tertiary/aromatic N) is 4.